The van der Waals surface area contributed by atoms with E-state index in [1.165, 1.54) is 11.6 Å². The van der Waals surface area contributed by atoms with E-state index >= 15 is 0 Å². The lowest BCUT2D eigenvalue weighted by Crippen LogP contribution is -2.36. The van der Waals surface area contributed by atoms with Crippen LogP contribution < -0.4 is 9.97 Å². The number of benzene rings is 1. The summed E-state index contributed by atoms with van der Waals surface area (Å²) in [6.07, 6.45) is 0.532. The van der Waals surface area contributed by atoms with E-state index in [1.54, 1.807) is 19.2 Å². The van der Waals surface area contributed by atoms with Crippen LogP contribution in [0.15, 0.2) is 18.2 Å². The minimum atomic E-state index is -1.17. The van der Waals surface area contributed by atoms with Crippen molar-refractivity contribution in [3.05, 3.63) is 40.7 Å². The van der Waals surface area contributed by atoms with Gasteiger partial charge in [-0.2, -0.15) is 0 Å². The molecule has 9 nitrogen and oxygen atoms in total. The fraction of sp³-hybridized carbons (Fsp3) is 0.444. The van der Waals surface area contributed by atoms with Crippen LogP contribution in [-0.2, 0) is 30.9 Å². The predicted octanol–water partition coefficient (Wildman–Crippen LogP) is 0.137. The molecule has 0 bridgehead atoms. The van der Waals surface area contributed by atoms with E-state index in [9.17, 15) is 19.7 Å². The van der Waals surface area contributed by atoms with Crippen LogP contribution in [0.2, 0.25) is 5.82 Å². The summed E-state index contributed by atoms with van der Waals surface area (Å²) >= 11 is 0. The van der Waals surface area contributed by atoms with Crippen molar-refractivity contribution >= 4 is 18.7 Å². The van der Waals surface area contributed by atoms with E-state index < -0.39 is 12.9 Å². The van der Waals surface area contributed by atoms with Gasteiger partial charge in [0.2, 0.25) is 0 Å². The molecule has 0 saturated heterocycles. The Morgan fingerprint density at radius 3 is 2.89 bits per heavy atom. The zero-order chi connectivity index (χ0) is 20.3. The van der Waals surface area contributed by atoms with Crippen molar-refractivity contribution in [3.8, 4) is 5.75 Å². The van der Waals surface area contributed by atoms with Gasteiger partial charge in [-0.3, -0.25) is 9.59 Å². The van der Waals surface area contributed by atoms with Crippen molar-refractivity contribution in [3.63, 3.8) is 0 Å². The summed E-state index contributed by atoms with van der Waals surface area (Å²) in [6, 6.07) is 5.26. The summed E-state index contributed by atoms with van der Waals surface area (Å²) in [6.45, 7) is 1.61. The highest BCUT2D eigenvalue weighted by molar-refractivity contribution is 6.47. The Bertz CT molecular complexity index is 885. The third kappa shape index (κ3) is 4.13. The second-order valence-electron chi connectivity index (χ2n) is 6.89. The van der Waals surface area contributed by atoms with Gasteiger partial charge >= 0.3 is 7.12 Å². The molecule has 1 aliphatic rings. The van der Waals surface area contributed by atoms with E-state index in [-0.39, 0.29) is 31.1 Å². The van der Waals surface area contributed by atoms with Gasteiger partial charge in [-0.1, -0.05) is 17.3 Å². The van der Waals surface area contributed by atoms with Gasteiger partial charge in [0, 0.05) is 18.8 Å². The molecule has 0 radical (unpaired) electrons. The van der Waals surface area contributed by atoms with E-state index in [0.717, 1.165) is 5.56 Å². The molecule has 28 heavy (non-hydrogen) atoms. The standard InChI is InChI=1S/C18H23BN4O5/c1-11(25)15-5-3-4-12-6-13(19(27)28-18(12)15)7-14(26)9-23-17(8-20-2)16(10-24)21-22-23/h3-5,13,20,24,27H,6-10H2,1-2H3/t13-/m1/s1. The number of carbonyl (C=O) groups excluding carboxylic acids is 2. The molecule has 0 spiro atoms. The molecule has 1 aliphatic heterocycles. The average Bonchev–Trinajstić information content (AvgIpc) is 3.03. The maximum absolute atomic E-state index is 12.6. The Balaban J connectivity index is 1.71. The van der Waals surface area contributed by atoms with Gasteiger partial charge in [-0.05, 0) is 32.0 Å². The first kappa shape index (κ1) is 20.2. The maximum Gasteiger partial charge on any atom is 0.526 e. The first-order valence-corrected chi connectivity index (χ1v) is 9.10. The van der Waals surface area contributed by atoms with Gasteiger partial charge in [0.25, 0.3) is 0 Å². The number of nitrogens with zero attached hydrogens (tertiary/aromatic N) is 3. The first-order chi connectivity index (χ1) is 13.4. The number of aliphatic hydroxyl groups is 1. The van der Waals surface area contributed by atoms with Crippen molar-refractivity contribution in [1.29, 1.82) is 0 Å². The highest BCUT2D eigenvalue weighted by atomic mass is 16.5. The van der Waals surface area contributed by atoms with Crippen molar-refractivity contribution in [1.82, 2.24) is 20.3 Å². The van der Waals surface area contributed by atoms with Crippen LogP contribution in [0, 0.1) is 0 Å². The number of nitrogens with one attached hydrogen (secondary N) is 1. The molecule has 3 rings (SSSR count). The number of hydrogen-bond acceptors (Lipinski definition) is 8. The van der Waals surface area contributed by atoms with Crippen LogP contribution in [0.4, 0.5) is 0 Å². The second-order valence-corrected chi connectivity index (χ2v) is 6.89. The minimum Gasteiger partial charge on any atom is -0.535 e. The lowest BCUT2D eigenvalue weighted by molar-refractivity contribution is -0.120. The topological polar surface area (TPSA) is 127 Å². The first-order valence-electron chi connectivity index (χ1n) is 9.10. The lowest BCUT2D eigenvalue weighted by Gasteiger charge is -2.28. The fourth-order valence-electron chi connectivity index (χ4n) is 3.44. The van der Waals surface area contributed by atoms with Gasteiger partial charge in [-0.25, -0.2) is 4.68 Å². The van der Waals surface area contributed by atoms with Crippen LogP contribution in [0.25, 0.3) is 0 Å². The van der Waals surface area contributed by atoms with Crippen molar-refractivity contribution < 1.29 is 24.4 Å². The van der Waals surface area contributed by atoms with E-state index in [0.29, 0.717) is 35.7 Å². The average molecular weight is 386 g/mol. The molecule has 10 heteroatoms. The zero-order valence-corrected chi connectivity index (χ0v) is 15.9. The Morgan fingerprint density at radius 2 is 2.21 bits per heavy atom. The molecule has 0 amide bonds. The molecule has 1 atom stereocenters. The number of Topliss-reactive ketones (excluding diaryl/α,β-unsaturated/α-hetero) is 2. The summed E-state index contributed by atoms with van der Waals surface area (Å²) in [5.41, 5.74) is 2.30. The highest BCUT2D eigenvalue weighted by Gasteiger charge is 2.37. The Kier molecular flexibility index (Phi) is 6.23. The molecule has 1 aromatic heterocycles. The molecular weight excluding hydrogens is 363 g/mol. The van der Waals surface area contributed by atoms with E-state index in [4.69, 9.17) is 4.65 Å². The van der Waals surface area contributed by atoms with Gasteiger partial charge < -0.3 is 20.1 Å². The fourth-order valence-corrected chi connectivity index (χ4v) is 3.44. The van der Waals surface area contributed by atoms with E-state index in [1.807, 2.05) is 6.07 Å². The van der Waals surface area contributed by atoms with Gasteiger partial charge in [0.05, 0.1) is 17.9 Å². The third-order valence-electron chi connectivity index (χ3n) is 4.83. The largest absolute Gasteiger partial charge is 0.535 e. The summed E-state index contributed by atoms with van der Waals surface area (Å²) in [4.78, 5) is 24.3. The smallest absolute Gasteiger partial charge is 0.526 e. The molecular formula is C18H23BN4O5. The Morgan fingerprint density at radius 1 is 1.43 bits per heavy atom. The molecule has 3 N–H and O–H groups in total. The maximum atomic E-state index is 12.6. The van der Waals surface area contributed by atoms with Crippen LogP contribution in [-0.4, -0.2) is 50.9 Å². The number of para-hydroxylation sites is 1. The van der Waals surface area contributed by atoms with E-state index in [2.05, 4.69) is 15.6 Å². The molecule has 1 aromatic carbocycles. The van der Waals surface area contributed by atoms with Crippen LogP contribution in [0.3, 0.4) is 0 Å². The number of aliphatic hydroxyl groups excluding tert-OH is 1. The molecule has 0 unspecified atom stereocenters. The van der Waals surface area contributed by atoms with Crippen LogP contribution in [0.1, 0.15) is 40.7 Å². The molecule has 148 valence electrons. The molecule has 0 aliphatic carbocycles. The third-order valence-corrected chi connectivity index (χ3v) is 4.83. The van der Waals surface area contributed by atoms with Crippen molar-refractivity contribution in [2.24, 2.45) is 0 Å². The summed E-state index contributed by atoms with van der Waals surface area (Å²) in [5.74, 6) is -0.297. The van der Waals surface area contributed by atoms with Crippen LogP contribution in [0.5, 0.6) is 5.75 Å². The van der Waals surface area contributed by atoms with Gasteiger partial charge in [0.1, 0.15) is 18.0 Å². The minimum absolute atomic E-state index is 0.00637. The quantitative estimate of drug-likeness (QED) is 0.432. The highest BCUT2D eigenvalue weighted by Crippen LogP contribution is 2.36. The number of ketones is 2. The summed E-state index contributed by atoms with van der Waals surface area (Å²) in [7, 11) is 0.584. The van der Waals surface area contributed by atoms with Crippen LogP contribution >= 0.6 is 0 Å². The normalized spacial score (nSPS) is 15.9. The number of hydrogen-bond donors (Lipinski definition) is 3. The monoisotopic (exact) mass is 386 g/mol. The molecule has 2 heterocycles. The number of fused-ring (bicyclic) bond motifs is 1. The summed E-state index contributed by atoms with van der Waals surface area (Å²) < 4.78 is 7.04. The SMILES string of the molecule is CNCc1c(CO)nnn1CC(=O)C[C@H]1Cc2cccc(C(C)=O)c2OB1O. The van der Waals surface area contributed by atoms with Gasteiger partial charge in [0.15, 0.2) is 11.6 Å². The van der Waals surface area contributed by atoms with Crippen molar-refractivity contribution in [2.45, 2.75) is 45.3 Å². The Labute approximate surface area is 162 Å². The number of aromatic nitrogens is 3. The molecule has 0 fully saturated rings. The second kappa shape index (κ2) is 8.64. The van der Waals surface area contributed by atoms with Gasteiger partial charge in [-0.15, -0.1) is 5.10 Å². The zero-order valence-electron chi connectivity index (χ0n) is 15.9. The predicted molar refractivity (Wildman–Crippen MR) is 101 cm³/mol. The lowest BCUT2D eigenvalue weighted by atomic mass is 9.64. The number of carbonyl (C=O) groups is 2. The van der Waals surface area contributed by atoms with Crippen molar-refractivity contribution in [2.75, 3.05) is 7.05 Å². The summed E-state index contributed by atoms with van der Waals surface area (Å²) in [5, 5.41) is 30.5. The Hall–Kier alpha value is -2.56. The number of rotatable bonds is 8. The molecule has 2 aromatic rings. The molecule has 0 saturated carbocycles.